The Morgan fingerprint density at radius 1 is 1.60 bits per heavy atom. The maximum Gasteiger partial charge on any atom is 0.265 e. The normalized spacial score (nSPS) is 27.1. The first-order chi connectivity index (χ1) is 4.58. The molecule has 4 nitrogen and oxygen atoms in total. The van der Waals surface area contributed by atoms with Crippen molar-refractivity contribution in [3.05, 3.63) is 0 Å². The molecule has 0 aliphatic carbocycles. The van der Waals surface area contributed by atoms with Crippen LogP contribution in [0.4, 0.5) is 0 Å². The van der Waals surface area contributed by atoms with Gasteiger partial charge < -0.3 is 4.74 Å². The Bertz CT molecular complexity index is 190. The number of hydrogen-bond acceptors (Lipinski definition) is 3. The zero-order valence-electron chi connectivity index (χ0n) is 5.49. The lowest BCUT2D eigenvalue weighted by Crippen LogP contribution is -2.14. The van der Waals surface area contributed by atoms with E-state index in [0.717, 1.165) is 6.42 Å². The van der Waals surface area contributed by atoms with Crippen molar-refractivity contribution < 1.29 is 17.7 Å². The van der Waals surface area contributed by atoms with Gasteiger partial charge in [-0.1, -0.05) is 0 Å². The first kappa shape index (κ1) is 7.97. The Morgan fingerprint density at radius 2 is 2.30 bits per heavy atom. The largest absolute Gasteiger partial charge is 0.381 e. The number of ether oxygens (including phenoxy) is 1. The highest BCUT2D eigenvalue weighted by atomic mass is 32.2. The monoisotopic (exact) mass is 166 g/mol. The molecule has 0 saturated carbocycles. The predicted octanol–water partition coefficient (Wildman–Crippen LogP) is -0.0893. The molecule has 1 atom stereocenters. The van der Waals surface area contributed by atoms with Crippen LogP contribution in [-0.4, -0.2) is 31.9 Å². The molecule has 0 radical (unpaired) electrons. The van der Waals surface area contributed by atoms with Crippen molar-refractivity contribution in [1.82, 2.24) is 0 Å². The summed E-state index contributed by atoms with van der Waals surface area (Å²) in [5.41, 5.74) is 0. The van der Waals surface area contributed by atoms with Gasteiger partial charge in [-0.05, 0) is 6.42 Å². The number of hydrogen-bond donors (Lipinski definition) is 1. The molecule has 60 valence electrons. The molecule has 0 spiro atoms. The van der Waals surface area contributed by atoms with Crippen LogP contribution in [0.25, 0.3) is 0 Å². The second-order valence-electron chi connectivity index (χ2n) is 2.48. The van der Waals surface area contributed by atoms with Gasteiger partial charge >= 0.3 is 0 Å². The quantitative estimate of drug-likeness (QED) is 0.582. The van der Waals surface area contributed by atoms with Crippen LogP contribution in [0.3, 0.4) is 0 Å². The molecular formula is C5H10O4S. The third-order valence-electron chi connectivity index (χ3n) is 1.47. The lowest BCUT2D eigenvalue weighted by molar-refractivity contribution is 0.188. The summed E-state index contributed by atoms with van der Waals surface area (Å²) in [7, 11) is -3.79. The minimum atomic E-state index is -3.79. The van der Waals surface area contributed by atoms with E-state index in [4.69, 9.17) is 9.29 Å². The Kier molecular flexibility index (Phi) is 2.28. The summed E-state index contributed by atoms with van der Waals surface area (Å²) >= 11 is 0. The molecule has 1 aliphatic heterocycles. The fourth-order valence-corrected chi connectivity index (χ4v) is 1.87. The maximum absolute atomic E-state index is 10.3. The van der Waals surface area contributed by atoms with Crippen molar-refractivity contribution in [2.45, 2.75) is 6.42 Å². The summed E-state index contributed by atoms with van der Waals surface area (Å²) in [6.07, 6.45) is 0.736. The Balaban J connectivity index is 2.38. The standard InChI is InChI=1S/C5H10O4S/c6-10(7,8)4-5-1-2-9-3-5/h5H,1-4H2,(H,6,7,8). The van der Waals surface area contributed by atoms with Gasteiger partial charge in [0.05, 0.1) is 12.4 Å². The van der Waals surface area contributed by atoms with E-state index in [1.54, 1.807) is 0 Å². The summed E-state index contributed by atoms with van der Waals surface area (Å²) in [6, 6.07) is 0. The predicted molar refractivity (Wildman–Crippen MR) is 35.3 cm³/mol. The lowest BCUT2D eigenvalue weighted by atomic mass is 10.2. The van der Waals surface area contributed by atoms with Crippen molar-refractivity contribution in [3.8, 4) is 0 Å². The van der Waals surface area contributed by atoms with Crippen molar-refractivity contribution in [3.63, 3.8) is 0 Å². The van der Waals surface area contributed by atoms with Gasteiger partial charge in [0, 0.05) is 12.5 Å². The highest BCUT2D eigenvalue weighted by Gasteiger charge is 2.21. The molecule has 1 saturated heterocycles. The highest BCUT2D eigenvalue weighted by Crippen LogP contribution is 2.13. The van der Waals surface area contributed by atoms with Crippen LogP contribution < -0.4 is 0 Å². The van der Waals surface area contributed by atoms with Crippen molar-refractivity contribution in [2.75, 3.05) is 19.0 Å². The molecular weight excluding hydrogens is 156 g/mol. The van der Waals surface area contributed by atoms with E-state index in [2.05, 4.69) is 0 Å². The first-order valence-electron chi connectivity index (χ1n) is 3.11. The molecule has 0 amide bonds. The van der Waals surface area contributed by atoms with E-state index in [9.17, 15) is 8.42 Å². The van der Waals surface area contributed by atoms with E-state index >= 15 is 0 Å². The van der Waals surface area contributed by atoms with E-state index in [-0.39, 0.29) is 11.7 Å². The molecule has 1 heterocycles. The summed E-state index contributed by atoms with van der Waals surface area (Å²) < 4.78 is 33.9. The number of rotatable bonds is 2. The second kappa shape index (κ2) is 2.86. The van der Waals surface area contributed by atoms with Crippen LogP contribution in [0.15, 0.2) is 0 Å². The van der Waals surface area contributed by atoms with Gasteiger partial charge in [-0.2, -0.15) is 8.42 Å². The maximum atomic E-state index is 10.3. The average Bonchev–Trinajstić information content (AvgIpc) is 2.12. The van der Waals surface area contributed by atoms with Crippen LogP contribution >= 0.6 is 0 Å². The zero-order chi connectivity index (χ0) is 7.61. The van der Waals surface area contributed by atoms with Gasteiger partial charge in [0.25, 0.3) is 10.1 Å². The molecule has 0 aromatic rings. The fraction of sp³-hybridized carbons (Fsp3) is 1.00. The fourth-order valence-electron chi connectivity index (χ4n) is 1.01. The van der Waals surface area contributed by atoms with Gasteiger partial charge in [-0.15, -0.1) is 0 Å². The van der Waals surface area contributed by atoms with Gasteiger partial charge in [0.15, 0.2) is 0 Å². The van der Waals surface area contributed by atoms with Crippen molar-refractivity contribution >= 4 is 10.1 Å². The van der Waals surface area contributed by atoms with Crippen LogP contribution in [0.5, 0.6) is 0 Å². The molecule has 10 heavy (non-hydrogen) atoms. The second-order valence-corrected chi connectivity index (χ2v) is 3.98. The van der Waals surface area contributed by atoms with Crippen LogP contribution in [0, 0.1) is 5.92 Å². The van der Waals surface area contributed by atoms with Crippen molar-refractivity contribution in [1.29, 1.82) is 0 Å². The topological polar surface area (TPSA) is 63.6 Å². The third-order valence-corrected chi connectivity index (χ3v) is 2.36. The summed E-state index contributed by atoms with van der Waals surface area (Å²) in [6.45, 7) is 1.07. The molecule has 0 aromatic carbocycles. The molecule has 1 rings (SSSR count). The minimum absolute atomic E-state index is 0.00463. The smallest absolute Gasteiger partial charge is 0.265 e. The molecule has 1 N–H and O–H groups in total. The minimum Gasteiger partial charge on any atom is -0.381 e. The first-order valence-corrected chi connectivity index (χ1v) is 4.72. The van der Waals surface area contributed by atoms with E-state index < -0.39 is 10.1 Å². The van der Waals surface area contributed by atoms with Gasteiger partial charge in [-0.25, -0.2) is 0 Å². The lowest BCUT2D eigenvalue weighted by Gasteiger charge is -2.01. The molecule has 1 unspecified atom stereocenters. The summed E-state index contributed by atoms with van der Waals surface area (Å²) in [5.74, 6) is -0.164. The van der Waals surface area contributed by atoms with E-state index in [0.29, 0.717) is 13.2 Å². The molecule has 1 fully saturated rings. The van der Waals surface area contributed by atoms with Crippen LogP contribution in [-0.2, 0) is 14.9 Å². The molecule has 0 bridgehead atoms. The van der Waals surface area contributed by atoms with Gasteiger partial charge in [0.1, 0.15) is 0 Å². The van der Waals surface area contributed by atoms with Gasteiger partial charge in [0.2, 0.25) is 0 Å². The summed E-state index contributed by atoms with van der Waals surface area (Å²) in [4.78, 5) is 0. The Morgan fingerprint density at radius 3 is 2.70 bits per heavy atom. The molecule has 5 heteroatoms. The van der Waals surface area contributed by atoms with E-state index in [1.807, 2.05) is 0 Å². The van der Waals surface area contributed by atoms with Gasteiger partial charge in [-0.3, -0.25) is 4.55 Å². The molecule has 1 aliphatic rings. The highest BCUT2D eigenvalue weighted by molar-refractivity contribution is 7.85. The van der Waals surface area contributed by atoms with E-state index in [1.165, 1.54) is 0 Å². The Hall–Kier alpha value is -0.130. The molecule has 0 aromatic heterocycles. The Labute approximate surface area is 59.9 Å². The summed E-state index contributed by atoms with van der Waals surface area (Å²) in [5, 5.41) is 0. The van der Waals surface area contributed by atoms with Crippen molar-refractivity contribution in [2.24, 2.45) is 5.92 Å². The average molecular weight is 166 g/mol. The zero-order valence-corrected chi connectivity index (χ0v) is 6.30. The third kappa shape index (κ3) is 2.64. The van der Waals surface area contributed by atoms with Crippen LogP contribution in [0.1, 0.15) is 6.42 Å². The SMILES string of the molecule is O=S(=O)(O)CC1CCOC1. The van der Waals surface area contributed by atoms with Crippen LogP contribution in [0.2, 0.25) is 0 Å².